The minimum atomic E-state index is -0.781. The van der Waals surface area contributed by atoms with Crippen LogP contribution in [0.5, 0.6) is 5.75 Å². The highest BCUT2D eigenvalue weighted by atomic mass is 35.5. The standard InChI is InChI=1S/C16H24N2O3.ClH/c1-13-3-5-14(6-4-13)21-12-9-18(2)15(19)16(17)7-10-20-11-8-16;/h3-6H,7-12,17H2,1-2H3;1H. The zero-order valence-corrected chi connectivity index (χ0v) is 14.0. The van der Waals surface area contributed by atoms with Gasteiger partial charge in [0.1, 0.15) is 12.4 Å². The molecule has 5 nitrogen and oxygen atoms in total. The van der Waals surface area contributed by atoms with E-state index in [0.29, 0.717) is 39.2 Å². The van der Waals surface area contributed by atoms with Crippen LogP contribution in [0.3, 0.4) is 0 Å². The number of aryl methyl sites for hydroxylation is 1. The number of hydrogen-bond acceptors (Lipinski definition) is 4. The summed E-state index contributed by atoms with van der Waals surface area (Å²) in [6.07, 6.45) is 1.16. The Labute approximate surface area is 138 Å². The summed E-state index contributed by atoms with van der Waals surface area (Å²) in [5, 5.41) is 0. The summed E-state index contributed by atoms with van der Waals surface area (Å²) in [6.45, 7) is 4.11. The van der Waals surface area contributed by atoms with Crippen molar-refractivity contribution in [3.05, 3.63) is 29.8 Å². The summed E-state index contributed by atoms with van der Waals surface area (Å²) >= 11 is 0. The fourth-order valence-corrected chi connectivity index (χ4v) is 2.37. The van der Waals surface area contributed by atoms with Gasteiger partial charge in [-0.3, -0.25) is 4.79 Å². The Morgan fingerprint density at radius 2 is 1.91 bits per heavy atom. The molecule has 0 bridgehead atoms. The smallest absolute Gasteiger partial charge is 0.242 e. The molecule has 0 unspecified atom stereocenters. The van der Waals surface area contributed by atoms with Crippen molar-refractivity contribution in [3.8, 4) is 5.75 Å². The SMILES string of the molecule is Cc1ccc(OCCN(C)C(=O)C2(N)CCOCC2)cc1.Cl. The normalized spacial score (nSPS) is 16.5. The van der Waals surface area contributed by atoms with E-state index >= 15 is 0 Å². The lowest BCUT2D eigenvalue weighted by atomic mass is 9.90. The molecule has 2 N–H and O–H groups in total. The Morgan fingerprint density at radius 1 is 1.32 bits per heavy atom. The minimum Gasteiger partial charge on any atom is -0.492 e. The first-order valence-electron chi connectivity index (χ1n) is 7.33. The van der Waals surface area contributed by atoms with E-state index in [4.69, 9.17) is 15.2 Å². The molecule has 1 heterocycles. The van der Waals surface area contributed by atoms with E-state index < -0.39 is 5.54 Å². The number of likely N-dealkylation sites (N-methyl/N-ethyl adjacent to an activating group) is 1. The molecule has 6 heteroatoms. The van der Waals surface area contributed by atoms with Gasteiger partial charge >= 0.3 is 0 Å². The number of ether oxygens (including phenoxy) is 2. The van der Waals surface area contributed by atoms with Crippen molar-refractivity contribution < 1.29 is 14.3 Å². The Morgan fingerprint density at radius 3 is 2.50 bits per heavy atom. The highest BCUT2D eigenvalue weighted by molar-refractivity contribution is 5.86. The quantitative estimate of drug-likeness (QED) is 0.894. The second-order valence-electron chi connectivity index (χ2n) is 5.66. The molecule has 1 aromatic carbocycles. The molecule has 22 heavy (non-hydrogen) atoms. The van der Waals surface area contributed by atoms with Gasteiger partial charge in [-0.2, -0.15) is 0 Å². The topological polar surface area (TPSA) is 64.8 Å². The molecule has 1 saturated heterocycles. The number of hydrogen-bond donors (Lipinski definition) is 1. The second-order valence-corrected chi connectivity index (χ2v) is 5.66. The van der Waals surface area contributed by atoms with Crippen LogP contribution in [0.15, 0.2) is 24.3 Å². The van der Waals surface area contributed by atoms with E-state index in [1.165, 1.54) is 5.56 Å². The predicted molar refractivity (Wildman–Crippen MR) is 88.5 cm³/mol. The third-order valence-electron chi connectivity index (χ3n) is 3.87. The molecule has 1 aliphatic rings. The molecule has 0 aliphatic carbocycles. The highest BCUT2D eigenvalue weighted by Gasteiger charge is 2.37. The second kappa shape index (κ2) is 8.36. The van der Waals surface area contributed by atoms with Gasteiger partial charge in [-0.25, -0.2) is 0 Å². The summed E-state index contributed by atoms with van der Waals surface area (Å²) in [7, 11) is 1.77. The van der Waals surface area contributed by atoms with Gasteiger partial charge in [-0.05, 0) is 31.9 Å². The van der Waals surface area contributed by atoms with Crippen molar-refractivity contribution in [2.75, 3.05) is 33.4 Å². The Kier molecular flexibility index (Phi) is 7.13. The maximum absolute atomic E-state index is 12.4. The maximum atomic E-state index is 12.4. The summed E-state index contributed by atoms with van der Waals surface area (Å²) in [6, 6.07) is 7.86. The van der Waals surface area contributed by atoms with E-state index in [0.717, 1.165) is 5.75 Å². The number of halogens is 1. The largest absolute Gasteiger partial charge is 0.492 e. The average molecular weight is 329 g/mol. The first-order valence-corrected chi connectivity index (χ1v) is 7.33. The molecular weight excluding hydrogens is 304 g/mol. The highest BCUT2D eigenvalue weighted by Crippen LogP contribution is 2.20. The third kappa shape index (κ3) is 4.87. The summed E-state index contributed by atoms with van der Waals surface area (Å²) < 4.78 is 10.9. The molecule has 1 aromatic rings. The zero-order valence-electron chi connectivity index (χ0n) is 13.2. The first-order chi connectivity index (χ1) is 10.0. The predicted octanol–water partition coefficient (Wildman–Crippen LogP) is 1.76. The van der Waals surface area contributed by atoms with Crippen LogP contribution in [0.1, 0.15) is 18.4 Å². The van der Waals surface area contributed by atoms with Crippen molar-refractivity contribution in [1.82, 2.24) is 4.90 Å². The van der Waals surface area contributed by atoms with Crippen molar-refractivity contribution in [3.63, 3.8) is 0 Å². The fourth-order valence-electron chi connectivity index (χ4n) is 2.37. The third-order valence-corrected chi connectivity index (χ3v) is 3.87. The molecular formula is C16H25ClN2O3. The van der Waals surface area contributed by atoms with Crippen LogP contribution >= 0.6 is 12.4 Å². The van der Waals surface area contributed by atoms with Gasteiger partial charge in [-0.1, -0.05) is 17.7 Å². The van der Waals surface area contributed by atoms with Crippen LogP contribution in [0.25, 0.3) is 0 Å². The molecule has 2 rings (SSSR count). The van der Waals surface area contributed by atoms with Gasteiger partial charge in [0.05, 0.1) is 12.1 Å². The summed E-state index contributed by atoms with van der Waals surface area (Å²) in [4.78, 5) is 14.0. The first kappa shape index (κ1) is 18.7. The van der Waals surface area contributed by atoms with Gasteiger partial charge in [-0.15, -0.1) is 12.4 Å². The lowest BCUT2D eigenvalue weighted by molar-refractivity contribution is -0.139. The Hall–Kier alpha value is -1.30. The number of carbonyl (C=O) groups is 1. The van der Waals surface area contributed by atoms with Gasteiger partial charge in [0.25, 0.3) is 0 Å². The van der Waals surface area contributed by atoms with Crippen LogP contribution in [0, 0.1) is 6.92 Å². The number of benzene rings is 1. The molecule has 1 fully saturated rings. The van der Waals surface area contributed by atoms with E-state index in [9.17, 15) is 4.79 Å². The average Bonchev–Trinajstić information content (AvgIpc) is 2.49. The van der Waals surface area contributed by atoms with Gasteiger partial charge in [0, 0.05) is 20.3 Å². The van der Waals surface area contributed by atoms with Crippen LogP contribution in [0.2, 0.25) is 0 Å². The molecule has 0 saturated carbocycles. The molecule has 1 amide bonds. The molecule has 0 spiro atoms. The van der Waals surface area contributed by atoms with Gasteiger partial charge in [0.2, 0.25) is 5.91 Å². The monoisotopic (exact) mass is 328 g/mol. The number of rotatable bonds is 5. The molecule has 124 valence electrons. The number of carbonyl (C=O) groups excluding carboxylic acids is 1. The minimum absolute atomic E-state index is 0. The van der Waals surface area contributed by atoms with Crippen molar-refractivity contribution in [2.45, 2.75) is 25.3 Å². The van der Waals surface area contributed by atoms with Crippen molar-refractivity contribution >= 4 is 18.3 Å². The molecule has 1 aliphatic heterocycles. The molecule has 0 aromatic heterocycles. The van der Waals surface area contributed by atoms with E-state index in [2.05, 4.69) is 0 Å². The lowest BCUT2D eigenvalue weighted by Crippen LogP contribution is -2.57. The van der Waals surface area contributed by atoms with Crippen LogP contribution in [0.4, 0.5) is 0 Å². The Bertz CT molecular complexity index is 473. The molecule has 0 radical (unpaired) electrons. The summed E-state index contributed by atoms with van der Waals surface area (Å²) in [5.74, 6) is 0.785. The van der Waals surface area contributed by atoms with Crippen LogP contribution < -0.4 is 10.5 Å². The zero-order chi connectivity index (χ0) is 15.3. The number of nitrogens with two attached hydrogens (primary N) is 1. The molecule has 0 atom stereocenters. The number of amides is 1. The maximum Gasteiger partial charge on any atom is 0.242 e. The van der Waals surface area contributed by atoms with E-state index in [-0.39, 0.29) is 18.3 Å². The van der Waals surface area contributed by atoms with Crippen molar-refractivity contribution in [2.24, 2.45) is 5.73 Å². The van der Waals surface area contributed by atoms with Crippen LogP contribution in [-0.4, -0.2) is 49.8 Å². The van der Waals surface area contributed by atoms with Gasteiger partial charge < -0.3 is 20.1 Å². The van der Waals surface area contributed by atoms with Gasteiger partial charge in [0.15, 0.2) is 0 Å². The number of nitrogens with zero attached hydrogens (tertiary/aromatic N) is 1. The van der Waals surface area contributed by atoms with E-state index in [1.807, 2.05) is 31.2 Å². The Balaban J connectivity index is 0.00000242. The van der Waals surface area contributed by atoms with Crippen LogP contribution in [-0.2, 0) is 9.53 Å². The van der Waals surface area contributed by atoms with Crippen molar-refractivity contribution in [1.29, 1.82) is 0 Å². The van der Waals surface area contributed by atoms with E-state index in [1.54, 1.807) is 11.9 Å². The summed E-state index contributed by atoms with van der Waals surface area (Å²) in [5.41, 5.74) is 6.60. The fraction of sp³-hybridized carbons (Fsp3) is 0.562. The lowest BCUT2D eigenvalue weighted by Gasteiger charge is -2.35.